The molecule has 0 bridgehead atoms. The van der Waals surface area contributed by atoms with Crippen molar-refractivity contribution in [1.29, 1.82) is 0 Å². The lowest BCUT2D eigenvalue weighted by Gasteiger charge is -2.02. The van der Waals surface area contributed by atoms with Crippen molar-refractivity contribution >= 4 is 26.7 Å². The van der Waals surface area contributed by atoms with Crippen molar-refractivity contribution in [3.05, 3.63) is 59.7 Å². The molecule has 3 rings (SSSR count). The van der Waals surface area contributed by atoms with Gasteiger partial charge in [-0.3, -0.25) is 0 Å². The molecular weight excluding hydrogens is 252 g/mol. The Bertz CT molecular complexity index is 674. The number of nitrogens with zero attached hydrogens (tertiary/aromatic N) is 1. The van der Waals surface area contributed by atoms with E-state index < -0.39 is 0 Å². The predicted octanol–water partition coefficient (Wildman–Crippen LogP) is 4.26. The first-order valence-electron chi connectivity index (χ1n) is 6.47. The van der Waals surface area contributed by atoms with Gasteiger partial charge in [-0.2, -0.15) is 0 Å². The summed E-state index contributed by atoms with van der Waals surface area (Å²) in [6.07, 6.45) is 1.02. The van der Waals surface area contributed by atoms with Gasteiger partial charge in [0.25, 0.3) is 0 Å². The van der Waals surface area contributed by atoms with E-state index in [1.165, 1.54) is 15.8 Å². The molecule has 0 aliphatic carbocycles. The maximum atomic E-state index is 4.65. The van der Waals surface area contributed by atoms with E-state index in [0.29, 0.717) is 0 Å². The minimum atomic E-state index is 0.920. The summed E-state index contributed by atoms with van der Waals surface area (Å²) >= 11 is 1.72. The van der Waals surface area contributed by atoms with Crippen molar-refractivity contribution in [1.82, 2.24) is 4.98 Å². The maximum Gasteiger partial charge on any atom is 0.183 e. The highest BCUT2D eigenvalue weighted by Gasteiger charge is 2.04. The van der Waals surface area contributed by atoms with Crippen molar-refractivity contribution in [2.75, 3.05) is 11.9 Å². The van der Waals surface area contributed by atoms with Gasteiger partial charge in [-0.05, 0) is 30.5 Å². The Morgan fingerprint density at radius 2 is 1.89 bits per heavy atom. The highest BCUT2D eigenvalue weighted by Crippen LogP contribution is 2.27. The van der Waals surface area contributed by atoms with Crippen LogP contribution in [0.2, 0.25) is 0 Å². The fourth-order valence-electron chi connectivity index (χ4n) is 2.12. The third-order valence-electron chi connectivity index (χ3n) is 3.15. The van der Waals surface area contributed by atoms with Crippen LogP contribution in [-0.4, -0.2) is 11.5 Å². The van der Waals surface area contributed by atoms with Crippen molar-refractivity contribution in [2.45, 2.75) is 13.3 Å². The van der Waals surface area contributed by atoms with Gasteiger partial charge in [-0.25, -0.2) is 4.98 Å². The minimum Gasteiger partial charge on any atom is -0.361 e. The quantitative estimate of drug-likeness (QED) is 0.764. The van der Waals surface area contributed by atoms with E-state index in [1.54, 1.807) is 11.3 Å². The number of hydrogen-bond donors (Lipinski definition) is 1. The fourth-order valence-corrected chi connectivity index (χ4v) is 3.09. The Balaban J connectivity index is 1.67. The lowest BCUT2D eigenvalue weighted by molar-refractivity contribution is 1.02. The topological polar surface area (TPSA) is 24.9 Å². The Hall–Kier alpha value is -1.87. The monoisotopic (exact) mass is 268 g/mol. The summed E-state index contributed by atoms with van der Waals surface area (Å²) in [5, 5.41) is 4.43. The Morgan fingerprint density at radius 3 is 2.68 bits per heavy atom. The average molecular weight is 268 g/mol. The Labute approximate surface area is 117 Å². The first-order chi connectivity index (χ1) is 9.33. The zero-order valence-corrected chi connectivity index (χ0v) is 11.7. The number of rotatable bonds is 4. The SMILES string of the molecule is Cc1cccc2sc(NCCc3ccccc3)nc12. The lowest BCUT2D eigenvalue weighted by Crippen LogP contribution is -2.04. The Morgan fingerprint density at radius 1 is 1.05 bits per heavy atom. The van der Waals surface area contributed by atoms with E-state index in [2.05, 4.69) is 59.7 Å². The molecule has 1 aromatic heterocycles. The molecule has 0 atom stereocenters. The zero-order chi connectivity index (χ0) is 13.1. The summed E-state index contributed by atoms with van der Waals surface area (Å²) in [5.41, 5.74) is 3.71. The molecule has 0 spiro atoms. The van der Waals surface area contributed by atoms with Gasteiger partial charge in [-0.1, -0.05) is 53.8 Å². The number of hydrogen-bond acceptors (Lipinski definition) is 3. The van der Waals surface area contributed by atoms with Gasteiger partial charge in [0.15, 0.2) is 5.13 Å². The van der Waals surface area contributed by atoms with E-state index in [9.17, 15) is 0 Å². The van der Waals surface area contributed by atoms with Crippen LogP contribution in [0.15, 0.2) is 48.5 Å². The van der Waals surface area contributed by atoms with Crippen molar-refractivity contribution in [3.63, 3.8) is 0 Å². The van der Waals surface area contributed by atoms with Gasteiger partial charge >= 0.3 is 0 Å². The third kappa shape index (κ3) is 2.76. The third-order valence-corrected chi connectivity index (χ3v) is 4.13. The summed E-state index contributed by atoms with van der Waals surface area (Å²) < 4.78 is 1.25. The molecule has 19 heavy (non-hydrogen) atoms. The second-order valence-corrected chi connectivity index (χ2v) is 5.63. The van der Waals surface area contributed by atoms with Gasteiger partial charge < -0.3 is 5.32 Å². The van der Waals surface area contributed by atoms with Gasteiger partial charge in [0, 0.05) is 6.54 Å². The first kappa shape index (κ1) is 12.2. The van der Waals surface area contributed by atoms with Crippen LogP contribution in [0.5, 0.6) is 0 Å². The van der Waals surface area contributed by atoms with Crippen LogP contribution < -0.4 is 5.32 Å². The molecule has 0 amide bonds. The molecule has 2 aromatic carbocycles. The molecule has 1 heterocycles. The number of aryl methyl sites for hydroxylation is 1. The number of benzene rings is 2. The molecule has 0 aliphatic heterocycles. The first-order valence-corrected chi connectivity index (χ1v) is 7.28. The summed E-state index contributed by atoms with van der Waals surface area (Å²) in [6, 6.07) is 16.8. The van der Waals surface area contributed by atoms with Crippen LogP contribution >= 0.6 is 11.3 Å². The van der Waals surface area contributed by atoms with Crippen molar-refractivity contribution in [3.8, 4) is 0 Å². The van der Waals surface area contributed by atoms with E-state index in [-0.39, 0.29) is 0 Å². The standard InChI is InChI=1S/C16H16N2S/c1-12-6-5-9-14-15(12)18-16(19-14)17-11-10-13-7-3-2-4-8-13/h2-9H,10-11H2,1H3,(H,17,18). The van der Waals surface area contributed by atoms with Crippen LogP contribution in [0.4, 0.5) is 5.13 Å². The van der Waals surface area contributed by atoms with Gasteiger partial charge in [0.05, 0.1) is 10.2 Å². The van der Waals surface area contributed by atoms with E-state index in [0.717, 1.165) is 23.6 Å². The lowest BCUT2D eigenvalue weighted by atomic mass is 10.1. The van der Waals surface area contributed by atoms with Gasteiger partial charge in [0.2, 0.25) is 0 Å². The molecule has 1 N–H and O–H groups in total. The average Bonchev–Trinajstić information content (AvgIpc) is 2.84. The highest BCUT2D eigenvalue weighted by molar-refractivity contribution is 7.22. The molecule has 0 unspecified atom stereocenters. The fraction of sp³-hybridized carbons (Fsp3) is 0.188. The number of nitrogens with one attached hydrogen (secondary N) is 1. The largest absolute Gasteiger partial charge is 0.361 e. The number of anilines is 1. The van der Waals surface area contributed by atoms with Gasteiger partial charge in [-0.15, -0.1) is 0 Å². The van der Waals surface area contributed by atoms with Crippen LogP contribution in [0.25, 0.3) is 10.2 Å². The van der Waals surface area contributed by atoms with Crippen molar-refractivity contribution in [2.24, 2.45) is 0 Å². The molecule has 0 aliphatic rings. The van der Waals surface area contributed by atoms with Crippen LogP contribution in [0.3, 0.4) is 0 Å². The molecular formula is C16H16N2S. The van der Waals surface area contributed by atoms with Crippen LogP contribution in [-0.2, 0) is 6.42 Å². The summed E-state index contributed by atoms with van der Waals surface area (Å²) in [5.74, 6) is 0. The molecule has 0 radical (unpaired) electrons. The minimum absolute atomic E-state index is 0.920. The normalized spacial score (nSPS) is 10.8. The molecule has 2 nitrogen and oxygen atoms in total. The number of thiazole rings is 1. The Kier molecular flexibility index (Phi) is 3.47. The zero-order valence-electron chi connectivity index (χ0n) is 10.9. The van der Waals surface area contributed by atoms with Crippen molar-refractivity contribution < 1.29 is 0 Å². The second-order valence-electron chi connectivity index (χ2n) is 4.60. The molecule has 96 valence electrons. The predicted molar refractivity (Wildman–Crippen MR) is 83.0 cm³/mol. The van der Waals surface area contributed by atoms with Crippen LogP contribution in [0.1, 0.15) is 11.1 Å². The number of fused-ring (bicyclic) bond motifs is 1. The molecule has 0 saturated heterocycles. The molecule has 3 aromatic rings. The maximum absolute atomic E-state index is 4.65. The van der Waals surface area contributed by atoms with Crippen LogP contribution in [0, 0.1) is 6.92 Å². The van der Waals surface area contributed by atoms with E-state index >= 15 is 0 Å². The highest BCUT2D eigenvalue weighted by atomic mass is 32.1. The number of para-hydroxylation sites is 1. The molecule has 0 fully saturated rings. The number of aromatic nitrogens is 1. The smallest absolute Gasteiger partial charge is 0.183 e. The summed E-state index contributed by atoms with van der Waals surface area (Å²) in [4.78, 5) is 4.65. The second kappa shape index (κ2) is 5.41. The van der Waals surface area contributed by atoms with E-state index in [1.807, 2.05) is 6.07 Å². The summed E-state index contributed by atoms with van der Waals surface area (Å²) in [6.45, 7) is 3.03. The molecule has 0 saturated carbocycles. The molecule has 3 heteroatoms. The summed E-state index contributed by atoms with van der Waals surface area (Å²) in [7, 11) is 0. The van der Waals surface area contributed by atoms with E-state index in [4.69, 9.17) is 0 Å². The van der Waals surface area contributed by atoms with Gasteiger partial charge in [0.1, 0.15) is 0 Å².